The van der Waals surface area contributed by atoms with Crippen LogP contribution in [0.2, 0.25) is 10.0 Å². The number of carbonyl (C=O) groups excluding carboxylic acids is 1. The Morgan fingerprint density at radius 3 is 2.45 bits per heavy atom. The van der Waals surface area contributed by atoms with Gasteiger partial charge in [-0.15, -0.1) is 0 Å². The van der Waals surface area contributed by atoms with Crippen molar-refractivity contribution in [3.8, 4) is 0 Å². The largest absolute Gasteiger partial charge is 0.443 e. The zero-order valence-electron chi connectivity index (χ0n) is 10.4. The van der Waals surface area contributed by atoms with Crippen LogP contribution >= 0.6 is 23.2 Å². The smallest absolute Gasteiger partial charge is 0.426 e. The quantitative estimate of drug-likeness (QED) is 0.830. The molecule has 2 aromatic rings. The number of para-hydroxylation sites is 1. The van der Waals surface area contributed by atoms with Gasteiger partial charge in [-0.25, -0.2) is 10.2 Å². The molecule has 104 valence electrons. The molecule has 0 aliphatic rings. The van der Waals surface area contributed by atoms with Crippen LogP contribution in [0.15, 0.2) is 48.5 Å². The van der Waals surface area contributed by atoms with E-state index >= 15 is 0 Å². The van der Waals surface area contributed by atoms with Gasteiger partial charge in [-0.2, -0.15) is 0 Å². The third-order valence-corrected chi connectivity index (χ3v) is 3.04. The molecule has 2 rings (SSSR count). The Morgan fingerprint density at radius 1 is 1.05 bits per heavy atom. The molecule has 0 heterocycles. The lowest BCUT2D eigenvalue weighted by atomic mass is 10.2. The first-order valence-electron chi connectivity index (χ1n) is 5.83. The minimum absolute atomic E-state index is 0.160. The first kappa shape index (κ1) is 14.5. The molecule has 0 atom stereocenters. The van der Waals surface area contributed by atoms with Crippen LogP contribution in [0.3, 0.4) is 0 Å². The van der Waals surface area contributed by atoms with E-state index < -0.39 is 6.09 Å². The van der Waals surface area contributed by atoms with Crippen molar-refractivity contribution in [2.24, 2.45) is 0 Å². The minimum atomic E-state index is -0.597. The van der Waals surface area contributed by atoms with Crippen LogP contribution in [-0.2, 0) is 11.3 Å². The van der Waals surface area contributed by atoms with Gasteiger partial charge in [0.15, 0.2) is 0 Å². The lowest BCUT2D eigenvalue weighted by molar-refractivity contribution is 0.142. The van der Waals surface area contributed by atoms with Gasteiger partial charge in [0.1, 0.15) is 6.61 Å². The molecule has 0 radical (unpaired) electrons. The second-order valence-corrected chi connectivity index (χ2v) is 4.78. The number of hydrazine groups is 1. The zero-order valence-corrected chi connectivity index (χ0v) is 11.9. The molecule has 1 amide bonds. The molecule has 0 bridgehead atoms. The van der Waals surface area contributed by atoms with Gasteiger partial charge in [0.05, 0.1) is 10.7 Å². The van der Waals surface area contributed by atoms with Crippen LogP contribution < -0.4 is 10.9 Å². The number of hydrogen-bond donors (Lipinski definition) is 2. The van der Waals surface area contributed by atoms with E-state index in [1.54, 1.807) is 48.5 Å². The van der Waals surface area contributed by atoms with E-state index in [2.05, 4.69) is 10.9 Å². The summed E-state index contributed by atoms with van der Waals surface area (Å²) in [6, 6.07) is 14.1. The van der Waals surface area contributed by atoms with Crippen molar-refractivity contribution >= 4 is 35.0 Å². The number of benzene rings is 2. The van der Waals surface area contributed by atoms with Gasteiger partial charge in [0.2, 0.25) is 0 Å². The van der Waals surface area contributed by atoms with Crippen molar-refractivity contribution in [2.75, 3.05) is 5.43 Å². The second-order valence-electron chi connectivity index (χ2n) is 3.93. The molecule has 2 N–H and O–H groups in total. The Labute approximate surface area is 126 Å². The number of nitrogens with one attached hydrogen (secondary N) is 2. The first-order chi connectivity index (χ1) is 9.65. The fourth-order valence-electron chi connectivity index (χ4n) is 1.45. The Bertz CT molecular complexity index is 588. The van der Waals surface area contributed by atoms with Gasteiger partial charge < -0.3 is 4.74 Å². The maximum Gasteiger partial charge on any atom is 0.426 e. The molecule has 0 aliphatic heterocycles. The van der Waals surface area contributed by atoms with E-state index in [0.717, 1.165) is 5.56 Å². The summed E-state index contributed by atoms with van der Waals surface area (Å²) < 4.78 is 5.03. The Hall–Kier alpha value is -1.91. The average Bonchev–Trinajstić information content (AvgIpc) is 2.46. The molecule has 0 aromatic heterocycles. The number of amides is 1. The van der Waals surface area contributed by atoms with Crippen LogP contribution in [0.1, 0.15) is 5.56 Å². The van der Waals surface area contributed by atoms with E-state index in [9.17, 15) is 4.79 Å². The summed E-state index contributed by atoms with van der Waals surface area (Å²) >= 11 is 11.7. The number of carbonyl (C=O) groups is 1. The molecule has 0 saturated heterocycles. The summed E-state index contributed by atoms with van der Waals surface area (Å²) in [6.45, 7) is 0.160. The summed E-state index contributed by atoms with van der Waals surface area (Å²) in [5, 5.41) is 1.14. The molecule has 6 heteroatoms. The normalized spacial score (nSPS) is 9.90. The highest BCUT2D eigenvalue weighted by atomic mass is 35.5. The Morgan fingerprint density at radius 2 is 1.75 bits per heavy atom. The number of rotatable bonds is 4. The van der Waals surface area contributed by atoms with Crippen LogP contribution in [0, 0.1) is 0 Å². The molecular weight excluding hydrogens is 299 g/mol. The second kappa shape index (κ2) is 7.03. The van der Waals surface area contributed by atoms with Crippen molar-refractivity contribution in [3.05, 3.63) is 64.1 Å². The average molecular weight is 311 g/mol. The molecule has 0 saturated carbocycles. The summed E-state index contributed by atoms with van der Waals surface area (Å²) in [5.41, 5.74) is 6.52. The molecule has 2 aromatic carbocycles. The summed E-state index contributed by atoms with van der Waals surface area (Å²) in [5.74, 6) is 0. The molecule has 0 unspecified atom stereocenters. The van der Waals surface area contributed by atoms with Crippen LogP contribution in [0.25, 0.3) is 0 Å². The molecule has 0 spiro atoms. The van der Waals surface area contributed by atoms with E-state index in [4.69, 9.17) is 27.9 Å². The fraction of sp³-hybridized carbons (Fsp3) is 0.0714. The lowest BCUT2D eigenvalue weighted by Gasteiger charge is -2.10. The Kier molecular flexibility index (Phi) is 5.09. The maximum atomic E-state index is 11.5. The van der Waals surface area contributed by atoms with E-state index in [0.29, 0.717) is 15.7 Å². The van der Waals surface area contributed by atoms with Crippen LogP contribution in [-0.4, -0.2) is 6.09 Å². The predicted molar refractivity (Wildman–Crippen MR) is 79.8 cm³/mol. The fourth-order valence-corrected chi connectivity index (χ4v) is 1.76. The standard InChI is InChI=1S/C14H12Cl2N2O2/c15-11-7-5-10(6-8-11)9-20-14(19)18-17-13-4-2-1-3-12(13)16/h1-8,17H,9H2,(H,18,19). The summed E-state index contributed by atoms with van der Waals surface area (Å²) in [7, 11) is 0. The van der Waals surface area contributed by atoms with E-state index in [1.165, 1.54) is 0 Å². The third kappa shape index (κ3) is 4.33. The predicted octanol–water partition coefficient (Wildman–Crippen LogP) is 4.25. The molecule has 4 nitrogen and oxygen atoms in total. The van der Waals surface area contributed by atoms with Gasteiger partial charge in [-0.05, 0) is 29.8 Å². The van der Waals surface area contributed by atoms with Crippen molar-refractivity contribution in [2.45, 2.75) is 6.61 Å². The van der Waals surface area contributed by atoms with Crippen LogP contribution in [0.5, 0.6) is 0 Å². The van der Waals surface area contributed by atoms with Gasteiger partial charge in [-0.3, -0.25) is 5.43 Å². The van der Waals surface area contributed by atoms with Gasteiger partial charge in [0, 0.05) is 5.02 Å². The van der Waals surface area contributed by atoms with Crippen molar-refractivity contribution in [1.82, 2.24) is 5.43 Å². The van der Waals surface area contributed by atoms with Crippen LogP contribution in [0.4, 0.5) is 10.5 Å². The minimum Gasteiger partial charge on any atom is -0.443 e. The van der Waals surface area contributed by atoms with E-state index in [1.807, 2.05) is 0 Å². The van der Waals surface area contributed by atoms with Crippen molar-refractivity contribution in [3.63, 3.8) is 0 Å². The monoisotopic (exact) mass is 310 g/mol. The number of anilines is 1. The third-order valence-electron chi connectivity index (χ3n) is 2.46. The highest BCUT2D eigenvalue weighted by Crippen LogP contribution is 2.19. The number of halogens is 2. The van der Waals surface area contributed by atoms with Gasteiger partial charge >= 0.3 is 6.09 Å². The molecule has 0 fully saturated rings. The number of hydrogen-bond acceptors (Lipinski definition) is 3. The highest BCUT2D eigenvalue weighted by molar-refractivity contribution is 6.33. The summed E-state index contributed by atoms with van der Waals surface area (Å²) in [6.07, 6.45) is -0.597. The van der Waals surface area contributed by atoms with Crippen molar-refractivity contribution in [1.29, 1.82) is 0 Å². The van der Waals surface area contributed by atoms with Crippen molar-refractivity contribution < 1.29 is 9.53 Å². The van der Waals surface area contributed by atoms with Gasteiger partial charge in [0.25, 0.3) is 0 Å². The maximum absolute atomic E-state index is 11.5. The van der Waals surface area contributed by atoms with E-state index in [-0.39, 0.29) is 6.61 Å². The topological polar surface area (TPSA) is 50.4 Å². The highest BCUT2D eigenvalue weighted by Gasteiger charge is 2.04. The summed E-state index contributed by atoms with van der Waals surface area (Å²) in [4.78, 5) is 11.5. The molecular formula is C14H12Cl2N2O2. The first-order valence-corrected chi connectivity index (χ1v) is 6.58. The molecule has 20 heavy (non-hydrogen) atoms. The Balaban J connectivity index is 1.78. The number of ether oxygens (including phenoxy) is 1. The van der Waals surface area contributed by atoms with Gasteiger partial charge in [-0.1, -0.05) is 47.5 Å². The molecule has 0 aliphatic carbocycles. The SMILES string of the molecule is O=C(NNc1ccccc1Cl)OCc1ccc(Cl)cc1. The lowest BCUT2D eigenvalue weighted by Crippen LogP contribution is -2.30. The zero-order chi connectivity index (χ0) is 14.4.